The van der Waals surface area contributed by atoms with E-state index in [0.717, 1.165) is 134 Å². The first-order valence-electron chi connectivity index (χ1n) is 44.4. The molecule has 0 bridgehead atoms. The Morgan fingerprint density at radius 2 is 0.732 bits per heavy atom. The van der Waals surface area contributed by atoms with E-state index >= 15 is 0 Å². The molecule has 21 rings (SSSR count). The Morgan fingerprint density at radius 1 is 0.354 bits per heavy atom. The van der Waals surface area contributed by atoms with Crippen LogP contribution in [0.4, 0.5) is 0 Å². The number of pyridine rings is 4. The van der Waals surface area contributed by atoms with E-state index in [1.165, 1.54) is 134 Å². The van der Waals surface area contributed by atoms with Gasteiger partial charge in [0.15, 0.2) is 0 Å². The number of carbonyl (C=O) groups excluding carboxylic acids is 1. The van der Waals surface area contributed by atoms with Crippen LogP contribution in [0.1, 0.15) is 114 Å². The van der Waals surface area contributed by atoms with Crippen LogP contribution in [0.15, 0.2) is 274 Å². The fraction of sp³-hybridized carbons (Fsp3) is 0.274. The van der Waals surface area contributed by atoms with Crippen molar-refractivity contribution in [3.63, 3.8) is 0 Å². The quantitative estimate of drug-likeness (QED) is 0.0808. The van der Waals surface area contributed by atoms with E-state index in [0.29, 0.717) is 60.2 Å². The van der Waals surface area contributed by atoms with Crippen LogP contribution in [0, 0.1) is 0 Å². The van der Waals surface area contributed by atoms with Gasteiger partial charge in [-0.1, -0.05) is 151 Å². The molecule has 1 saturated heterocycles. The number of likely N-dealkylation sites (tertiary alicyclic amines) is 1. The fourth-order valence-electron chi connectivity index (χ4n) is 19.3. The van der Waals surface area contributed by atoms with Crippen molar-refractivity contribution in [2.24, 2.45) is 28.2 Å². The molecular weight excluding hydrogens is 1630 g/mol. The molecule has 21 heteroatoms. The van der Waals surface area contributed by atoms with E-state index in [1.807, 2.05) is 157 Å². The lowest BCUT2D eigenvalue weighted by Gasteiger charge is -2.29. The molecule has 2 aliphatic carbocycles. The van der Waals surface area contributed by atoms with Crippen LogP contribution in [0.5, 0.6) is 17.2 Å². The van der Waals surface area contributed by atoms with Crippen LogP contribution < -0.4 is 36.4 Å². The van der Waals surface area contributed by atoms with Gasteiger partial charge in [0, 0.05) is 157 Å². The summed E-state index contributed by atoms with van der Waals surface area (Å²) in [4.78, 5) is 71.2. The minimum Gasteiger partial charge on any atom is -0.489 e. The molecule has 1 fully saturated rings. The molecule has 0 atom stereocenters. The number of benzene rings is 8. The Hall–Kier alpha value is -12.9. The summed E-state index contributed by atoms with van der Waals surface area (Å²) < 4.78 is 33.2. The summed E-state index contributed by atoms with van der Waals surface area (Å²) in [6.45, 7) is 10.8. The molecule has 0 radical (unpaired) electrons. The average Bonchev–Trinajstić information content (AvgIpc) is 1.61. The van der Waals surface area contributed by atoms with Gasteiger partial charge in [0.05, 0.1) is 57.9 Å². The number of aryl methyl sites for hydroxylation is 6. The first kappa shape index (κ1) is 84.9. The third-order valence-electron chi connectivity index (χ3n) is 26.0. The smallest absolute Gasteiger partial charge is 0.258 e. The number of carbonyl (C=O) groups is 1. The Balaban J connectivity index is 0.000000115. The van der Waals surface area contributed by atoms with Gasteiger partial charge in [0.25, 0.3) is 22.2 Å². The lowest BCUT2D eigenvalue weighted by Crippen LogP contribution is -2.42. The van der Waals surface area contributed by atoms with E-state index in [9.17, 15) is 24.0 Å². The number of ether oxygens (including phenoxy) is 3. The third kappa shape index (κ3) is 18.2. The Morgan fingerprint density at radius 3 is 1.13 bits per heavy atom. The lowest BCUT2D eigenvalue weighted by atomic mass is 9.95. The maximum absolute atomic E-state index is 13.0. The number of aromatic nitrogens is 8. The Bertz CT molecular complexity index is 7030. The molecule has 8 aromatic heterocycles. The second-order valence-electron chi connectivity index (χ2n) is 34.0. The van der Waals surface area contributed by atoms with Gasteiger partial charge in [-0.25, -0.2) is 0 Å². The molecule has 11 heterocycles. The van der Waals surface area contributed by atoms with Crippen molar-refractivity contribution in [3.05, 3.63) is 368 Å². The van der Waals surface area contributed by atoms with Crippen LogP contribution >= 0.6 is 23.2 Å². The van der Waals surface area contributed by atoms with Crippen molar-refractivity contribution in [2.75, 3.05) is 39.3 Å². The standard InChI is InChI=1S/C30H32N4O3.C27H29N3O2.C25H24N2O2.C24H20Cl2N2O/c1-31-27-17-23(34-16-11-24(18-29(34)35)37-21-22-7-3-2-4-8-22)9-10-25(27)26-12-15-33(19-28(26)31)30(36)20-32-13-5-6-14-32;1-3-13-29-14-12-24-23-10-9-21(16-25(23)28(2)26(24)18-29)30-15-11-22(17-27(30)31)32-19-20-7-5-4-6-8-20;1-26-23-10-6-5-9-21(23)22-12-11-19(15-24(22)26)27-14-13-20(16-25(27)28)29-17-18-7-3-2-4-8-18;1-27-22-5-3-2-4-19(22)20-9-7-17(14-23(20)27)28-11-10-15(12-24(28)29)18-8-6-16(25)13-21(18)26/h2-4,7-11,16-18H,5-6,12-15,19-21H2,1H3;4-11,15-17H,3,12-14,18-19H2,1-2H3;2-4,7-8,11-16H,5-6,9-10,17H2,1H3;6-14H,2-5H2,1H3. The highest BCUT2D eigenvalue weighted by atomic mass is 35.5. The number of fused-ring (bicyclic) bond motifs is 12. The highest BCUT2D eigenvalue weighted by molar-refractivity contribution is 6.36. The van der Waals surface area contributed by atoms with Crippen LogP contribution in [0.3, 0.4) is 0 Å². The molecule has 16 aromatic rings. The molecule has 0 spiro atoms. The predicted octanol–water partition coefficient (Wildman–Crippen LogP) is 19.5. The van der Waals surface area contributed by atoms with Gasteiger partial charge in [0.1, 0.15) is 37.1 Å². The average molecular weight is 1730 g/mol. The fourth-order valence-corrected chi connectivity index (χ4v) is 19.8. The molecule has 0 saturated carbocycles. The van der Waals surface area contributed by atoms with Crippen molar-refractivity contribution in [1.82, 2.24) is 51.2 Å². The van der Waals surface area contributed by atoms with Gasteiger partial charge in [-0.2, -0.15) is 0 Å². The van der Waals surface area contributed by atoms with Crippen molar-refractivity contribution in [2.45, 2.75) is 123 Å². The van der Waals surface area contributed by atoms with Gasteiger partial charge < -0.3 is 37.4 Å². The summed E-state index contributed by atoms with van der Waals surface area (Å²) >= 11 is 12.3. The van der Waals surface area contributed by atoms with Crippen LogP contribution in [0.25, 0.3) is 77.5 Å². The van der Waals surface area contributed by atoms with Gasteiger partial charge in [-0.05, 0) is 233 Å². The SMILES string of the molecule is CCCN1CCc2c(n(C)c3cc(-n4ccc(OCc5ccccc5)cc4=O)ccc23)C1.Cn1c2c(c3ccc(-n4ccc(-c5ccc(Cl)cc5Cl)cc4=O)cc31)CCCC2.Cn1c2c(c3ccc(-n4ccc(OCc5ccccc5)cc4=O)cc31)CCCC2.Cn1c2c(c3ccc(-n4ccc(OCc5ccccc5)cc4=O)cc31)CCN(C(=O)CN1CCCC1)C2. The largest absolute Gasteiger partial charge is 0.489 e. The summed E-state index contributed by atoms with van der Waals surface area (Å²) in [6, 6.07) is 74.0. The second kappa shape index (κ2) is 37.7. The summed E-state index contributed by atoms with van der Waals surface area (Å²) in [5.74, 6) is 1.95. The maximum Gasteiger partial charge on any atom is 0.258 e. The molecule has 5 aliphatic rings. The van der Waals surface area contributed by atoms with E-state index in [1.54, 1.807) is 67.2 Å². The van der Waals surface area contributed by atoms with Gasteiger partial charge in [0.2, 0.25) is 5.91 Å². The number of hydrogen-bond donors (Lipinski definition) is 0. The zero-order valence-corrected chi connectivity index (χ0v) is 74.2. The second-order valence-corrected chi connectivity index (χ2v) is 34.9. The van der Waals surface area contributed by atoms with Gasteiger partial charge in [-0.3, -0.25) is 52.0 Å². The zero-order valence-electron chi connectivity index (χ0n) is 72.7. The lowest BCUT2D eigenvalue weighted by molar-refractivity contribution is -0.133. The van der Waals surface area contributed by atoms with E-state index in [4.69, 9.17) is 37.4 Å². The number of halogens is 2. The molecule has 1 amide bonds. The van der Waals surface area contributed by atoms with Crippen molar-refractivity contribution < 1.29 is 19.0 Å². The van der Waals surface area contributed by atoms with Crippen LogP contribution in [-0.2, 0) is 104 Å². The number of rotatable bonds is 18. The van der Waals surface area contributed by atoms with Crippen molar-refractivity contribution in [1.29, 1.82) is 0 Å². The molecule has 0 N–H and O–H groups in total. The van der Waals surface area contributed by atoms with Crippen LogP contribution in [-0.4, -0.2) is 96.4 Å². The molecular formula is C106H105Cl2N11O8. The Kier molecular flexibility index (Phi) is 25.2. The summed E-state index contributed by atoms with van der Waals surface area (Å²) in [5, 5.41) is 6.24. The first-order chi connectivity index (χ1) is 61.9. The molecule has 19 nitrogen and oxygen atoms in total. The van der Waals surface area contributed by atoms with E-state index in [-0.39, 0.29) is 28.1 Å². The zero-order chi connectivity index (χ0) is 87.3. The molecule has 8 aromatic carbocycles. The third-order valence-corrected chi connectivity index (χ3v) is 26.6. The monoisotopic (exact) mass is 1730 g/mol. The first-order valence-corrected chi connectivity index (χ1v) is 45.2. The topological polar surface area (TPSA) is 162 Å². The highest BCUT2D eigenvalue weighted by Crippen LogP contribution is 2.38. The van der Waals surface area contributed by atoms with E-state index in [2.05, 4.69) is 112 Å². The summed E-state index contributed by atoms with van der Waals surface area (Å²) in [7, 11) is 8.47. The predicted molar refractivity (Wildman–Crippen MR) is 509 cm³/mol. The van der Waals surface area contributed by atoms with Gasteiger partial charge in [-0.15, -0.1) is 0 Å². The number of amides is 1. The number of hydrogen-bond acceptors (Lipinski definition) is 10. The minimum absolute atomic E-state index is 0.0890. The van der Waals surface area contributed by atoms with Crippen molar-refractivity contribution >= 4 is 72.7 Å². The van der Waals surface area contributed by atoms with Gasteiger partial charge >= 0.3 is 0 Å². The van der Waals surface area contributed by atoms with E-state index < -0.39 is 0 Å². The minimum atomic E-state index is -0.137. The number of nitrogens with zero attached hydrogens (tertiary/aromatic N) is 11. The summed E-state index contributed by atoms with van der Waals surface area (Å²) in [6.07, 6.45) is 22.3. The summed E-state index contributed by atoms with van der Waals surface area (Å²) in [5.41, 5.74) is 23.7. The maximum atomic E-state index is 13.0. The normalized spacial score (nSPS) is 14.3. The highest BCUT2D eigenvalue weighted by Gasteiger charge is 2.30. The molecule has 3 aliphatic heterocycles. The van der Waals surface area contributed by atoms with Crippen molar-refractivity contribution in [3.8, 4) is 51.1 Å². The van der Waals surface area contributed by atoms with Crippen LogP contribution in [0.2, 0.25) is 10.0 Å². The molecule has 646 valence electrons. The Labute approximate surface area is 748 Å². The molecule has 127 heavy (non-hydrogen) atoms. The molecule has 0 unspecified atom stereocenters.